The Balaban J connectivity index is 1.79. The van der Waals surface area contributed by atoms with Crippen molar-refractivity contribution >= 4 is 17.7 Å². The van der Waals surface area contributed by atoms with Crippen LogP contribution < -0.4 is 5.32 Å². The third kappa shape index (κ3) is 6.07. The van der Waals surface area contributed by atoms with Crippen molar-refractivity contribution in [2.75, 3.05) is 25.0 Å². The molecule has 3 rings (SSSR count). The quantitative estimate of drug-likeness (QED) is 0.621. The number of carboxylic acid groups (broad SMARTS) is 1. The molecule has 172 valence electrons. The monoisotopic (exact) mass is 438 g/mol. The molecule has 0 spiro atoms. The minimum atomic E-state index is -0.900. The number of carbonyl (C=O) groups excluding carboxylic acids is 1. The van der Waals surface area contributed by atoms with Gasteiger partial charge in [-0.15, -0.1) is 0 Å². The summed E-state index contributed by atoms with van der Waals surface area (Å²) in [5, 5.41) is 12.9. The van der Waals surface area contributed by atoms with Crippen LogP contribution in [0, 0.1) is 5.92 Å². The molecule has 2 heterocycles. The minimum Gasteiger partial charge on any atom is -0.481 e. The molecule has 1 aliphatic heterocycles. The molecule has 1 aromatic heterocycles. The molecule has 1 aliphatic rings. The van der Waals surface area contributed by atoms with Crippen LogP contribution in [0.15, 0.2) is 48.7 Å². The number of nitrogens with one attached hydrogen (secondary N) is 1. The number of hydrogen-bond donors (Lipinski definition) is 2. The van der Waals surface area contributed by atoms with Crippen molar-refractivity contribution in [3.8, 4) is 0 Å². The van der Waals surface area contributed by atoms with Crippen LogP contribution in [0.5, 0.6) is 0 Å². The number of anilines is 1. The molecule has 1 unspecified atom stereocenters. The number of pyridine rings is 1. The number of carboxylic acids is 1. The van der Waals surface area contributed by atoms with Crippen molar-refractivity contribution in [1.29, 1.82) is 0 Å². The standard InChI is InChI=1S/C25H34N4O3/c1-18(2)11-13-27-24-21(10-7-12-26-24)25(32)29-15-14-28(17-20-8-5-4-6-9-20)19(3)22(29)16-23(30)31/h4-10,12,18-19,22H,11,13-17H2,1-3H3,(H,26,27)(H,30,31)/t19-,22?/m1/s1. The van der Waals surface area contributed by atoms with E-state index in [1.165, 1.54) is 5.56 Å². The van der Waals surface area contributed by atoms with Crippen molar-refractivity contribution in [3.63, 3.8) is 0 Å². The van der Waals surface area contributed by atoms with E-state index in [0.717, 1.165) is 19.5 Å². The van der Waals surface area contributed by atoms with Gasteiger partial charge in [0.25, 0.3) is 5.91 Å². The fourth-order valence-corrected chi connectivity index (χ4v) is 4.21. The number of amides is 1. The van der Waals surface area contributed by atoms with Gasteiger partial charge in [-0.1, -0.05) is 44.2 Å². The maximum absolute atomic E-state index is 13.6. The first kappa shape index (κ1) is 23.7. The Labute approximate surface area is 190 Å². The lowest BCUT2D eigenvalue weighted by atomic mass is 9.97. The molecule has 0 saturated carbocycles. The molecule has 2 N–H and O–H groups in total. The van der Waals surface area contributed by atoms with Crippen LogP contribution in [0.25, 0.3) is 0 Å². The Kier molecular flexibility index (Phi) is 8.22. The van der Waals surface area contributed by atoms with Gasteiger partial charge in [0.2, 0.25) is 0 Å². The molecular formula is C25H34N4O3. The zero-order valence-electron chi connectivity index (χ0n) is 19.2. The fourth-order valence-electron chi connectivity index (χ4n) is 4.21. The molecule has 0 bridgehead atoms. The zero-order chi connectivity index (χ0) is 23.1. The molecular weight excluding hydrogens is 404 g/mol. The van der Waals surface area contributed by atoms with Gasteiger partial charge < -0.3 is 15.3 Å². The summed E-state index contributed by atoms with van der Waals surface area (Å²) in [6, 6.07) is 13.2. The van der Waals surface area contributed by atoms with Crippen molar-refractivity contribution in [2.24, 2.45) is 5.92 Å². The molecule has 1 amide bonds. The maximum atomic E-state index is 13.6. The SMILES string of the molecule is CC(C)CCNc1ncccc1C(=O)N1CCN(Cc2ccccc2)[C@H](C)C1CC(=O)O. The van der Waals surface area contributed by atoms with E-state index >= 15 is 0 Å². The van der Waals surface area contributed by atoms with Crippen LogP contribution in [0.3, 0.4) is 0 Å². The van der Waals surface area contributed by atoms with Gasteiger partial charge in [0.15, 0.2) is 0 Å². The Morgan fingerprint density at radius 2 is 1.91 bits per heavy atom. The molecule has 7 heteroatoms. The van der Waals surface area contributed by atoms with Crippen LogP contribution in [0.2, 0.25) is 0 Å². The number of aliphatic carboxylic acids is 1. The zero-order valence-corrected chi connectivity index (χ0v) is 19.2. The second-order valence-corrected chi connectivity index (χ2v) is 8.87. The molecule has 32 heavy (non-hydrogen) atoms. The normalized spacial score (nSPS) is 19.2. The molecule has 1 aromatic carbocycles. The Morgan fingerprint density at radius 1 is 1.16 bits per heavy atom. The van der Waals surface area contributed by atoms with Crippen LogP contribution in [-0.4, -0.2) is 63.5 Å². The summed E-state index contributed by atoms with van der Waals surface area (Å²) in [6.45, 7) is 8.95. The van der Waals surface area contributed by atoms with Crippen molar-refractivity contribution in [2.45, 2.75) is 52.2 Å². The number of aromatic nitrogens is 1. The fraction of sp³-hybridized carbons (Fsp3) is 0.480. The number of nitrogens with zero attached hydrogens (tertiary/aromatic N) is 3. The van der Waals surface area contributed by atoms with E-state index in [1.807, 2.05) is 25.1 Å². The summed E-state index contributed by atoms with van der Waals surface area (Å²) >= 11 is 0. The molecule has 1 fully saturated rings. The van der Waals surface area contributed by atoms with E-state index in [-0.39, 0.29) is 18.4 Å². The number of carbonyl (C=O) groups is 2. The second kappa shape index (κ2) is 11.1. The summed E-state index contributed by atoms with van der Waals surface area (Å²) in [5.74, 6) is 0.0423. The molecule has 0 aliphatic carbocycles. The Morgan fingerprint density at radius 3 is 2.59 bits per heavy atom. The minimum absolute atomic E-state index is 0.0852. The van der Waals surface area contributed by atoms with Crippen molar-refractivity contribution in [3.05, 3.63) is 59.8 Å². The van der Waals surface area contributed by atoms with Crippen LogP contribution in [0.1, 0.15) is 49.5 Å². The van der Waals surface area contributed by atoms with E-state index in [9.17, 15) is 14.7 Å². The first-order valence-corrected chi connectivity index (χ1v) is 11.4. The molecule has 0 radical (unpaired) electrons. The van der Waals surface area contributed by atoms with Gasteiger partial charge in [-0.2, -0.15) is 0 Å². The average molecular weight is 439 g/mol. The Bertz CT molecular complexity index is 903. The Hall–Kier alpha value is -2.93. The summed E-state index contributed by atoms with van der Waals surface area (Å²) in [5.41, 5.74) is 1.67. The molecule has 7 nitrogen and oxygen atoms in total. The molecule has 1 saturated heterocycles. The highest BCUT2D eigenvalue weighted by Gasteiger charge is 2.38. The summed E-state index contributed by atoms with van der Waals surface area (Å²) < 4.78 is 0. The average Bonchev–Trinajstić information content (AvgIpc) is 2.77. The lowest BCUT2D eigenvalue weighted by Gasteiger charge is -2.46. The van der Waals surface area contributed by atoms with Gasteiger partial charge in [0.05, 0.1) is 18.0 Å². The predicted molar refractivity (Wildman–Crippen MR) is 126 cm³/mol. The first-order chi connectivity index (χ1) is 15.4. The predicted octanol–water partition coefficient (Wildman–Crippen LogP) is 3.73. The number of rotatable bonds is 9. The van der Waals surface area contributed by atoms with E-state index in [4.69, 9.17) is 0 Å². The highest BCUT2D eigenvalue weighted by atomic mass is 16.4. The van der Waals surface area contributed by atoms with Gasteiger partial charge >= 0.3 is 5.97 Å². The summed E-state index contributed by atoms with van der Waals surface area (Å²) in [7, 11) is 0. The third-order valence-electron chi connectivity index (χ3n) is 6.09. The van der Waals surface area contributed by atoms with Crippen LogP contribution in [-0.2, 0) is 11.3 Å². The number of hydrogen-bond acceptors (Lipinski definition) is 5. The van der Waals surface area contributed by atoms with E-state index in [2.05, 4.69) is 41.2 Å². The maximum Gasteiger partial charge on any atom is 0.305 e. The van der Waals surface area contributed by atoms with Crippen molar-refractivity contribution < 1.29 is 14.7 Å². The van der Waals surface area contributed by atoms with Gasteiger partial charge in [0, 0.05) is 38.4 Å². The van der Waals surface area contributed by atoms with E-state index < -0.39 is 12.0 Å². The molecule has 2 aromatic rings. The molecule has 2 atom stereocenters. The number of piperazine rings is 1. The number of benzene rings is 1. The van der Waals surface area contributed by atoms with Gasteiger partial charge in [-0.05, 0) is 37.0 Å². The van der Waals surface area contributed by atoms with E-state index in [0.29, 0.717) is 30.4 Å². The second-order valence-electron chi connectivity index (χ2n) is 8.87. The smallest absolute Gasteiger partial charge is 0.305 e. The lowest BCUT2D eigenvalue weighted by molar-refractivity contribution is -0.139. The lowest BCUT2D eigenvalue weighted by Crippen LogP contribution is -2.60. The summed E-state index contributed by atoms with van der Waals surface area (Å²) in [4.78, 5) is 33.6. The first-order valence-electron chi connectivity index (χ1n) is 11.4. The van der Waals surface area contributed by atoms with Gasteiger partial charge in [-0.3, -0.25) is 14.5 Å². The topological polar surface area (TPSA) is 85.8 Å². The third-order valence-corrected chi connectivity index (χ3v) is 6.09. The highest BCUT2D eigenvalue weighted by molar-refractivity contribution is 5.99. The van der Waals surface area contributed by atoms with E-state index in [1.54, 1.807) is 23.2 Å². The highest BCUT2D eigenvalue weighted by Crippen LogP contribution is 2.26. The summed E-state index contributed by atoms with van der Waals surface area (Å²) in [6.07, 6.45) is 2.55. The van der Waals surface area contributed by atoms with Crippen LogP contribution in [0.4, 0.5) is 5.82 Å². The van der Waals surface area contributed by atoms with Crippen molar-refractivity contribution in [1.82, 2.24) is 14.8 Å². The van der Waals surface area contributed by atoms with Gasteiger partial charge in [0.1, 0.15) is 5.82 Å². The largest absolute Gasteiger partial charge is 0.481 e. The van der Waals surface area contributed by atoms with Crippen LogP contribution >= 0.6 is 0 Å². The van der Waals surface area contributed by atoms with Gasteiger partial charge in [-0.25, -0.2) is 4.98 Å².